The summed E-state index contributed by atoms with van der Waals surface area (Å²) in [6, 6.07) is 10.3. The zero-order valence-electron chi connectivity index (χ0n) is 14.4. The van der Waals surface area contributed by atoms with Gasteiger partial charge in [-0.1, -0.05) is 30.3 Å². The molecule has 3 rings (SSSR count). The Morgan fingerprint density at radius 2 is 1.96 bits per heavy atom. The summed E-state index contributed by atoms with van der Waals surface area (Å²) in [5, 5.41) is 0. The average Bonchev–Trinajstić information content (AvgIpc) is 3.12. The van der Waals surface area contributed by atoms with Crippen LogP contribution in [0.25, 0.3) is 0 Å². The second kappa shape index (κ2) is 8.46. The third-order valence-electron chi connectivity index (χ3n) is 4.30. The number of rotatable bonds is 7. The van der Waals surface area contributed by atoms with E-state index in [2.05, 4.69) is 22.1 Å². The van der Waals surface area contributed by atoms with Crippen LogP contribution in [0.2, 0.25) is 0 Å². The minimum atomic E-state index is -0.0660. The molecule has 1 aliphatic heterocycles. The van der Waals surface area contributed by atoms with Crippen LogP contribution in [0.4, 0.5) is 0 Å². The van der Waals surface area contributed by atoms with E-state index < -0.39 is 0 Å². The molecular formula is C19H23N3O3. The Bertz CT molecular complexity index is 693. The van der Waals surface area contributed by atoms with Crippen LogP contribution < -0.4 is 9.47 Å². The minimum absolute atomic E-state index is 0.0660. The fourth-order valence-electron chi connectivity index (χ4n) is 2.99. The molecule has 1 fully saturated rings. The topological polar surface area (TPSA) is 64.6 Å². The Morgan fingerprint density at radius 3 is 2.72 bits per heavy atom. The molecule has 0 radical (unpaired) electrons. The van der Waals surface area contributed by atoms with Gasteiger partial charge < -0.3 is 14.4 Å². The summed E-state index contributed by atoms with van der Waals surface area (Å²) in [7, 11) is 1.54. The number of benzene rings is 1. The molecule has 1 saturated heterocycles. The average molecular weight is 341 g/mol. The minimum Gasteiger partial charge on any atom is -0.477 e. The third kappa shape index (κ3) is 4.68. The number of amides is 1. The van der Waals surface area contributed by atoms with Gasteiger partial charge in [-0.25, -0.2) is 9.97 Å². The molecule has 6 heteroatoms. The lowest BCUT2D eigenvalue weighted by atomic mass is 10.1. The van der Waals surface area contributed by atoms with Crippen LogP contribution in [0.3, 0.4) is 0 Å². The Kier molecular flexibility index (Phi) is 5.82. The van der Waals surface area contributed by atoms with Gasteiger partial charge in [0.05, 0.1) is 13.7 Å². The van der Waals surface area contributed by atoms with E-state index in [0.29, 0.717) is 24.7 Å². The molecule has 132 valence electrons. The van der Waals surface area contributed by atoms with Crippen LogP contribution in [0, 0.1) is 0 Å². The van der Waals surface area contributed by atoms with Gasteiger partial charge in [-0.15, -0.1) is 0 Å². The Morgan fingerprint density at radius 1 is 1.20 bits per heavy atom. The van der Waals surface area contributed by atoms with E-state index in [0.717, 1.165) is 25.8 Å². The molecule has 1 aromatic heterocycles. The number of aryl methyl sites for hydroxylation is 1. The van der Waals surface area contributed by atoms with E-state index in [1.807, 2.05) is 23.1 Å². The number of ether oxygens (including phenoxy) is 2. The molecule has 1 aromatic carbocycles. The van der Waals surface area contributed by atoms with Crippen molar-refractivity contribution in [3.8, 4) is 11.8 Å². The monoisotopic (exact) mass is 341 g/mol. The van der Waals surface area contributed by atoms with E-state index in [1.165, 1.54) is 12.7 Å². The van der Waals surface area contributed by atoms with Crippen LogP contribution in [-0.4, -0.2) is 47.1 Å². The third-order valence-corrected chi connectivity index (χ3v) is 4.30. The number of carbonyl (C=O) groups excluding carboxylic acids is 1. The van der Waals surface area contributed by atoms with E-state index in [9.17, 15) is 4.79 Å². The van der Waals surface area contributed by atoms with E-state index >= 15 is 0 Å². The smallest absolute Gasteiger partial charge is 0.278 e. The van der Waals surface area contributed by atoms with Gasteiger partial charge in [0, 0.05) is 31.8 Å². The lowest BCUT2D eigenvalue weighted by molar-refractivity contribution is -0.130. The zero-order chi connectivity index (χ0) is 17.5. The summed E-state index contributed by atoms with van der Waals surface area (Å²) < 4.78 is 11.0. The predicted molar refractivity (Wildman–Crippen MR) is 93.6 cm³/mol. The van der Waals surface area contributed by atoms with Crippen LogP contribution in [0.5, 0.6) is 11.8 Å². The van der Waals surface area contributed by atoms with Crippen LogP contribution >= 0.6 is 0 Å². The van der Waals surface area contributed by atoms with Gasteiger partial charge in [0.15, 0.2) is 0 Å². The largest absolute Gasteiger partial charge is 0.477 e. The Balaban J connectivity index is 1.45. The molecule has 0 N–H and O–H groups in total. The quantitative estimate of drug-likeness (QED) is 0.774. The number of carbonyl (C=O) groups is 1. The van der Waals surface area contributed by atoms with Gasteiger partial charge in [0.25, 0.3) is 11.8 Å². The maximum atomic E-state index is 12.4. The van der Waals surface area contributed by atoms with Crippen molar-refractivity contribution in [2.45, 2.75) is 31.8 Å². The number of nitrogens with zero attached hydrogens (tertiary/aromatic N) is 3. The molecule has 6 nitrogen and oxygen atoms in total. The van der Waals surface area contributed by atoms with E-state index in [1.54, 1.807) is 12.4 Å². The Hall–Kier alpha value is -2.63. The molecule has 0 bridgehead atoms. The number of methoxy groups -OCH3 is 1. The lowest BCUT2D eigenvalue weighted by Gasteiger charge is -2.17. The number of aromatic nitrogens is 2. The van der Waals surface area contributed by atoms with Gasteiger partial charge >= 0.3 is 0 Å². The first kappa shape index (κ1) is 17.2. The molecule has 1 atom stereocenters. The molecule has 0 saturated carbocycles. The van der Waals surface area contributed by atoms with Crippen molar-refractivity contribution >= 4 is 5.91 Å². The van der Waals surface area contributed by atoms with Crippen LogP contribution in [0.15, 0.2) is 42.7 Å². The first-order valence-electron chi connectivity index (χ1n) is 8.59. The van der Waals surface area contributed by atoms with Crippen LogP contribution in [-0.2, 0) is 11.2 Å². The fourth-order valence-corrected chi connectivity index (χ4v) is 2.99. The summed E-state index contributed by atoms with van der Waals surface area (Å²) in [5.74, 6) is 0.941. The summed E-state index contributed by atoms with van der Waals surface area (Å²) in [5.41, 5.74) is 1.27. The molecule has 0 aliphatic carbocycles. The SMILES string of the molecule is COc1nccnc1O[C@@H]1CCN(C(=O)CCCc2ccccc2)C1. The highest BCUT2D eigenvalue weighted by atomic mass is 16.5. The number of likely N-dealkylation sites (tertiary alicyclic amines) is 1. The van der Waals surface area contributed by atoms with Gasteiger partial charge in [-0.2, -0.15) is 0 Å². The van der Waals surface area contributed by atoms with Crippen molar-refractivity contribution in [1.82, 2.24) is 14.9 Å². The zero-order valence-corrected chi connectivity index (χ0v) is 14.4. The fraction of sp³-hybridized carbons (Fsp3) is 0.421. The maximum absolute atomic E-state index is 12.4. The summed E-state index contributed by atoms with van der Waals surface area (Å²) in [4.78, 5) is 22.5. The maximum Gasteiger partial charge on any atom is 0.278 e. The second-order valence-corrected chi connectivity index (χ2v) is 6.08. The van der Waals surface area contributed by atoms with E-state index in [4.69, 9.17) is 9.47 Å². The normalized spacial score (nSPS) is 16.7. The van der Waals surface area contributed by atoms with Crippen molar-refractivity contribution in [2.24, 2.45) is 0 Å². The molecular weight excluding hydrogens is 318 g/mol. The molecule has 2 aromatic rings. The standard InChI is InChI=1S/C19H23N3O3/c1-24-18-19(21-12-11-20-18)25-16-10-13-22(14-16)17(23)9-5-8-15-6-3-2-4-7-15/h2-4,6-7,11-12,16H,5,8-10,13-14H2,1H3/t16-/m1/s1. The van der Waals surface area contributed by atoms with Crippen LogP contribution in [0.1, 0.15) is 24.8 Å². The highest BCUT2D eigenvalue weighted by molar-refractivity contribution is 5.76. The van der Waals surface area contributed by atoms with E-state index in [-0.39, 0.29) is 12.0 Å². The Labute approximate surface area is 147 Å². The van der Waals surface area contributed by atoms with Gasteiger partial charge in [0.2, 0.25) is 5.91 Å². The van der Waals surface area contributed by atoms with Crippen molar-refractivity contribution < 1.29 is 14.3 Å². The predicted octanol–water partition coefficient (Wildman–Crippen LogP) is 2.49. The first-order valence-corrected chi connectivity index (χ1v) is 8.59. The van der Waals surface area contributed by atoms with Gasteiger partial charge in [-0.05, 0) is 18.4 Å². The number of hydrogen-bond acceptors (Lipinski definition) is 5. The highest BCUT2D eigenvalue weighted by Crippen LogP contribution is 2.24. The second-order valence-electron chi connectivity index (χ2n) is 6.08. The van der Waals surface area contributed by atoms with Crippen molar-refractivity contribution in [3.63, 3.8) is 0 Å². The lowest BCUT2D eigenvalue weighted by Crippen LogP contribution is -2.31. The molecule has 1 amide bonds. The summed E-state index contributed by atoms with van der Waals surface area (Å²) in [6.07, 6.45) is 6.21. The molecule has 0 unspecified atom stereocenters. The molecule has 1 aliphatic rings. The first-order chi connectivity index (χ1) is 12.3. The van der Waals surface area contributed by atoms with Gasteiger partial charge in [0.1, 0.15) is 6.10 Å². The number of hydrogen-bond donors (Lipinski definition) is 0. The van der Waals surface area contributed by atoms with Gasteiger partial charge in [-0.3, -0.25) is 4.79 Å². The van der Waals surface area contributed by atoms with Crippen molar-refractivity contribution in [2.75, 3.05) is 20.2 Å². The molecule has 2 heterocycles. The van der Waals surface area contributed by atoms with Crippen molar-refractivity contribution in [3.05, 3.63) is 48.3 Å². The summed E-state index contributed by atoms with van der Waals surface area (Å²) >= 11 is 0. The van der Waals surface area contributed by atoms with Crippen molar-refractivity contribution in [1.29, 1.82) is 0 Å². The molecule has 0 spiro atoms. The highest BCUT2D eigenvalue weighted by Gasteiger charge is 2.28. The summed E-state index contributed by atoms with van der Waals surface area (Å²) in [6.45, 7) is 1.31. The molecule has 25 heavy (non-hydrogen) atoms.